The molecule has 8 rings (SSSR count). The first-order valence-electron chi connectivity index (χ1n) is 16.5. The number of halogens is 8. The van der Waals surface area contributed by atoms with Crippen LogP contribution in [-0.4, -0.2) is 55.4 Å². The number of aliphatic hydroxyl groups is 1. The molecule has 4 heterocycles. The van der Waals surface area contributed by atoms with Crippen molar-refractivity contribution in [3.05, 3.63) is 93.7 Å². The van der Waals surface area contributed by atoms with Gasteiger partial charge < -0.3 is 21.1 Å². The van der Waals surface area contributed by atoms with E-state index in [2.05, 4.69) is 20.4 Å². The second-order valence-corrected chi connectivity index (χ2v) is 15.1. The number of carbonyl (C=O) groups excluding carboxylic acids is 2. The monoisotopic (exact) mass is 777 g/mol. The summed E-state index contributed by atoms with van der Waals surface area (Å²) in [6.07, 6.45) is -5.62. The average molecular weight is 778 g/mol. The van der Waals surface area contributed by atoms with Gasteiger partial charge in [-0.15, -0.1) is 0 Å². The van der Waals surface area contributed by atoms with Crippen LogP contribution in [0.15, 0.2) is 42.5 Å². The number of β-amino-alcohol motifs (C(OH)–C–C–N with tert-alkyl or cyclic N) is 1. The maximum atomic E-state index is 15.3. The molecule has 1 unspecified atom stereocenters. The number of fused-ring (bicyclic) bond motifs is 4. The Balaban J connectivity index is 1.24. The van der Waals surface area contributed by atoms with E-state index in [9.17, 15) is 41.0 Å². The van der Waals surface area contributed by atoms with E-state index in [1.54, 1.807) is 17.9 Å². The third-order valence-corrected chi connectivity index (χ3v) is 10.9. The molecule has 0 spiro atoms. The largest absolute Gasteiger partial charge is 0.435 e. The lowest BCUT2D eigenvalue weighted by Gasteiger charge is -2.43. The van der Waals surface area contributed by atoms with Gasteiger partial charge >= 0.3 is 6.18 Å². The fraction of sp³-hybridized carbons (Fsp3) is 0.343. The number of amides is 2. The molecule has 4 N–H and O–H groups in total. The Kier molecular flexibility index (Phi) is 8.08. The molecule has 2 aliphatic carbocycles. The third-order valence-electron chi connectivity index (χ3n) is 9.80. The van der Waals surface area contributed by atoms with Gasteiger partial charge in [0.05, 0.1) is 40.7 Å². The molecule has 3 aromatic heterocycles. The normalized spacial score (nSPS) is 20.0. The zero-order valence-corrected chi connectivity index (χ0v) is 28.6. The Labute approximate surface area is 303 Å². The number of aromatic nitrogens is 4. The predicted octanol–water partition coefficient (Wildman–Crippen LogP) is 5.97. The summed E-state index contributed by atoms with van der Waals surface area (Å²) in [4.78, 5) is 36.9. The molecule has 1 saturated carbocycles. The summed E-state index contributed by atoms with van der Waals surface area (Å²) in [6.45, 7) is 1.06. The van der Waals surface area contributed by atoms with E-state index in [1.165, 1.54) is 17.4 Å². The van der Waals surface area contributed by atoms with Crippen LogP contribution in [-0.2, 0) is 29.9 Å². The van der Waals surface area contributed by atoms with Crippen molar-refractivity contribution in [3.63, 3.8) is 0 Å². The molecule has 3 aliphatic rings. The van der Waals surface area contributed by atoms with Gasteiger partial charge in [0.25, 0.3) is 11.8 Å². The highest BCUT2D eigenvalue weighted by molar-refractivity contribution is 7.22. The summed E-state index contributed by atoms with van der Waals surface area (Å²) in [5.41, 5.74) is 1.23. The van der Waals surface area contributed by atoms with E-state index < -0.39 is 100 Å². The summed E-state index contributed by atoms with van der Waals surface area (Å²) in [7, 11) is 0. The van der Waals surface area contributed by atoms with Crippen molar-refractivity contribution >= 4 is 38.6 Å². The van der Waals surface area contributed by atoms with E-state index in [-0.39, 0.29) is 47.5 Å². The number of thiazole rings is 1. The van der Waals surface area contributed by atoms with Crippen molar-refractivity contribution in [2.75, 3.05) is 18.0 Å². The molecule has 19 heteroatoms. The molecule has 1 aliphatic heterocycles. The van der Waals surface area contributed by atoms with E-state index in [0.717, 1.165) is 24.3 Å². The molecule has 10 nitrogen and oxygen atoms in total. The summed E-state index contributed by atoms with van der Waals surface area (Å²) < 4.78 is 117. The van der Waals surface area contributed by atoms with Crippen LogP contribution in [0.2, 0.25) is 0 Å². The number of pyridine rings is 1. The van der Waals surface area contributed by atoms with Crippen molar-refractivity contribution < 1.29 is 49.8 Å². The third kappa shape index (κ3) is 6.21. The highest BCUT2D eigenvalue weighted by Gasteiger charge is 2.68. The zero-order valence-electron chi connectivity index (χ0n) is 27.8. The number of hydrogen-bond donors (Lipinski definition) is 3. The van der Waals surface area contributed by atoms with Gasteiger partial charge in [-0.2, -0.15) is 32.0 Å². The van der Waals surface area contributed by atoms with Crippen LogP contribution < -0.4 is 16.0 Å². The smallest absolute Gasteiger partial charge is 0.386 e. The van der Waals surface area contributed by atoms with E-state index in [4.69, 9.17) is 5.73 Å². The molecule has 0 bridgehead atoms. The highest BCUT2D eigenvalue weighted by Crippen LogP contribution is 2.68. The molecule has 1 saturated heterocycles. The first kappa shape index (κ1) is 35.8. The number of carbonyl (C=O) groups is 2. The van der Waals surface area contributed by atoms with Crippen molar-refractivity contribution in [2.45, 2.75) is 56.0 Å². The molecule has 3 atom stereocenters. The van der Waals surface area contributed by atoms with Gasteiger partial charge in [-0.3, -0.25) is 14.3 Å². The Hall–Kier alpha value is -5.17. The minimum absolute atomic E-state index is 0.00434. The van der Waals surface area contributed by atoms with Gasteiger partial charge in [0.1, 0.15) is 29.7 Å². The molecule has 2 fully saturated rings. The van der Waals surface area contributed by atoms with E-state index in [1.807, 2.05) is 0 Å². The van der Waals surface area contributed by atoms with E-state index >= 15 is 8.78 Å². The maximum absolute atomic E-state index is 15.3. The molecule has 0 radical (unpaired) electrons. The second kappa shape index (κ2) is 12.2. The number of hydrogen-bond acceptors (Lipinski definition) is 8. The first-order valence-corrected chi connectivity index (χ1v) is 17.3. The second-order valence-electron chi connectivity index (χ2n) is 14.1. The van der Waals surface area contributed by atoms with Gasteiger partial charge in [0, 0.05) is 23.1 Å². The van der Waals surface area contributed by atoms with Gasteiger partial charge in [0.2, 0.25) is 5.91 Å². The number of nitrogens with one attached hydrogen (secondary N) is 1. The fourth-order valence-electron chi connectivity index (χ4n) is 7.44. The van der Waals surface area contributed by atoms with Gasteiger partial charge in [-0.25, -0.2) is 18.2 Å². The van der Waals surface area contributed by atoms with Crippen LogP contribution in [0.1, 0.15) is 63.9 Å². The van der Waals surface area contributed by atoms with Crippen LogP contribution >= 0.6 is 11.3 Å². The van der Waals surface area contributed by atoms with Crippen molar-refractivity contribution in [1.29, 1.82) is 0 Å². The molecule has 2 aromatic carbocycles. The fourth-order valence-corrected chi connectivity index (χ4v) is 8.39. The highest BCUT2D eigenvalue weighted by atomic mass is 32.1. The average Bonchev–Trinajstić information content (AvgIpc) is 3.51. The first-order chi connectivity index (χ1) is 25.3. The Morgan fingerprint density at radius 3 is 2.43 bits per heavy atom. The standard InChI is InChI=1S/C35H27F8N7O3S/c1-33(53)12-49(13-33)32-47-31-24(54-32)10-18(15-2-3-22(38)20(7-15)30(44)52)27(46-31)23(6-14-4-16(36)8-17(37)5-14)45-25(51)11-50-29-26(28(48-50)35(41,42)43)19-9-21(19)34(29,39)40/h2-5,7-8,10,19,21,23,53H,6,9,11-13H2,1H3,(H2,44,52)(H,45,51)/t19-,21?,23-/m0/s1. The Bertz CT molecular complexity index is 2370. The molecular formula is C35H27F8N7O3S. The number of benzene rings is 2. The minimum Gasteiger partial charge on any atom is -0.386 e. The summed E-state index contributed by atoms with van der Waals surface area (Å²) in [5.74, 6) is -11.2. The summed E-state index contributed by atoms with van der Waals surface area (Å²) in [5, 5.41) is 16.7. The Morgan fingerprint density at radius 2 is 1.78 bits per heavy atom. The molecular weight excluding hydrogens is 750 g/mol. The van der Waals surface area contributed by atoms with Gasteiger partial charge in [-0.05, 0) is 67.1 Å². The number of primary amides is 1. The number of nitrogens with zero attached hydrogens (tertiary/aromatic N) is 5. The zero-order chi connectivity index (χ0) is 38.6. The van der Waals surface area contributed by atoms with Crippen molar-refractivity contribution in [2.24, 2.45) is 11.7 Å². The maximum Gasteiger partial charge on any atom is 0.435 e. The van der Waals surface area contributed by atoms with Crippen LogP contribution in [0.5, 0.6) is 0 Å². The van der Waals surface area contributed by atoms with Gasteiger partial charge in [0.15, 0.2) is 16.5 Å². The number of alkyl halides is 5. The van der Waals surface area contributed by atoms with Crippen LogP contribution in [0.3, 0.4) is 0 Å². The number of rotatable bonds is 9. The SMILES string of the molecule is CC1(O)CN(c2nc3nc([C@H](Cc4cc(F)cc(F)c4)NC(=O)Cn4nc(C(F)(F)F)c5c4C(F)(F)C4C[C@H]54)c(-c4ccc(F)c(C(N)=O)c4)cc3s2)C1. The van der Waals surface area contributed by atoms with Crippen LogP contribution in [0, 0.1) is 23.4 Å². The molecule has 5 aromatic rings. The Morgan fingerprint density at radius 1 is 1.07 bits per heavy atom. The summed E-state index contributed by atoms with van der Waals surface area (Å²) in [6, 6.07) is 6.16. The predicted molar refractivity (Wildman–Crippen MR) is 177 cm³/mol. The molecule has 282 valence electrons. The van der Waals surface area contributed by atoms with Crippen molar-refractivity contribution in [1.82, 2.24) is 25.1 Å². The summed E-state index contributed by atoms with van der Waals surface area (Å²) >= 11 is 1.18. The lowest BCUT2D eigenvalue weighted by atomic mass is 9.94. The number of nitrogens with two attached hydrogens (primary N) is 1. The van der Waals surface area contributed by atoms with E-state index in [0.29, 0.717) is 20.6 Å². The minimum atomic E-state index is -5.07. The van der Waals surface area contributed by atoms with Crippen molar-refractivity contribution in [3.8, 4) is 11.1 Å². The molecule has 54 heavy (non-hydrogen) atoms. The lowest BCUT2D eigenvalue weighted by Crippen LogP contribution is -2.60. The molecule has 2 amide bonds. The van der Waals surface area contributed by atoms with Crippen LogP contribution in [0.4, 0.5) is 40.3 Å². The quantitative estimate of drug-likeness (QED) is 0.157. The topological polar surface area (TPSA) is 139 Å². The number of anilines is 1. The van der Waals surface area contributed by atoms with Gasteiger partial charge in [-0.1, -0.05) is 17.4 Å². The lowest BCUT2D eigenvalue weighted by molar-refractivity contribution is -0.142. The van der Waals surface area contributed by atoms with Crippen LogP contribution in [0.25, 0.3) is 21.5 Å².